The van der Waals surface area contributed by atoms with Crippen molar-refractivity contribution in [2.45, 2.75) is 46.6 Å². The van der Waals surface area contributed by atoms with E-state index in [4.69, 9.17) is 0 Å². The van der Waals surface area contributed by atoms with E-state index in [0.29, 0.717) is 11.3 Å². The number of nitrogens with zero attached hydrogens (tertiary/aromatic N) is 2. The van der Waals surface area contributed by atoms with E-state index in [1.807, 2.05) is 38.1 Å². The van der Waals surface area contributed by atoms with E-state index in [2.05, 4.69) is 24.1 Å². The first kappa shape index (κ1) is 18.3. The molecule has 0 aliphatic heterocycles. The zero-order valence-electron chi connectivity index (χ0n) is 15.5. The molecule has 6 heteroatoms. The van der Waals surface area contributed by atoms with E-state index < -0.39 is 0 Å². The van der Waals surface area contributed by atoms with Crippen LogP contribution in [0.2, 0.25) is 0 Å². The smallest absolute Gasteiger partial charge is 0.262 e. The molecule has 3 aromatic rings. The summed E-state index contributed by atoms with van der Waals surface area (Å²) in [5.74, 6) is 0.252. The van der Waals surface area contributed by atoms with Gasteiger partial charge in [-0.3, -0.25) is 14.2 Å². The molecule has 0 fully saturated rings. The van der Waals surface area contributed by atoms with E-state index in [0.717, 1.165) is 27.4 Å². The molecule has 5 nitrogen and oxygen atoms in total. The predicted molar refractivity (Wildman–Crippen MR) is 107 cm³/mol. The first-order chi connectivity index (χ1) is 12.4. The third-order valence-electron chi connectivity index (χ3n) is 4.85. The molecule has 3 rings (SSSR count). The monoisotopic (exact) mass is 369 g/mol. The van der Waals surface area contributed by atoms with Crippen molar-refractivity contribution >= 4 is 33.1 Å². The fourth-order valence-electron chi connectivity index (χ4n) is 2.87. The number of carbonyl (C=O) groups excluding carboxylic acids is 1. The Hall–Kier alpha value is -2.47. The van der Waals surface area contributed by atoms with Crippen LogP contribution < -0.4 is 10.9 Å². The Labute approximate surface area is 156 Å². The van der Waals surface area contributed by atoms with E-state index in [-0.39, 0.29) is 18.0 Å². The first-order valence-electron chi connectivity index (χ1n) is 8.75. The van der Waals surface area contributed by atoms with Gasteiger partial charge in [-0.25, -0.2) is 4.98 Å². The van der Waals surface area contributed by atoms with Crippen LogP contribution in [0.3, 0.4) is 0 Å². The maximum atomic E-state index is 12.7. The highest BCUT2D eigenvalue weighted by Crippen LogP contribution is 2.25. The van der Waals surface area contributed by atoms with Crippen molar-refractivity contribution in [3.63, 3.8) is 0 Å². The summed E-state index contributed by atoms with van der Waals surface area (Å²) in [6.07, 6.45) is 2.53. The third kappa shape index (κ3) is 3.55. The zero-order valence-corrected chi connectivity index (χ0v) is 16.3. The maximum Gasteiger partial charge on any atom is 0.262 e. The summed E-state index contributed by atoms with van der Waals surface area (Å²) >= 11 is 1.50. The summed E-state index contributed by atoms with van der Waals surface area (Å²) in [5, 5.41) is 3.46. The van der Waals surface area contributed by atoms with E-state index in [1.54, 1.807) is 0 Å². The highest BCUT2D eigenvalue weighted by atomic mass is 32.1. The van der Waals surface area contributed by atoms with Crippen LogP contribution >= 0.6 is 11.3 Å². The summed E-state index contributed by atoms with van der Waals surface area (Å²) in [6.45, 7) is 8.17. The normalized spacial score (nSPS) is 12.3. The largest absolute Gasteiger partial charge is 0.325 e. The number of aromatic nitrogens is 2. The molecule has 2 heterocycles. The summed E-state index contributed by atoms with van der Waals surface area (Å²) in [7, 11) is 0. The number of hydrogen-bond acceptors (Lipinski definition) is 4. The number of fused-ring (bicyclic) bond motifs is 1. The summed E-state index contributed by atoms with van der Waals surface area (Å²) in [5.41, 5.74) is 2.75. The van der Waals surface area contributed by atoms with Gasteiger partial charge in [-0.2, -0.15) is 0 Å². The number of nitrogens with one attached hydrogen (secondary N) is 1. The lowest BCUT2D eigenvalue weighted by atomic mass is 9.99. The Morgan fingerprint density at radius 2 is 1.96 bits per heavy atom. The van der Waals surface area contributed by atoms with Crippen LogP contribution in [-0.2, 0) is 11.3 Å². The van der Waals surface area contributed by atoms with Gasteiger partial charge in [0.05, 0.1) is 11.7 Å². The topological polar surface area (TPSA) is 64.0 Å². The van der Waals surface area contributed by atoms with Crippen molar-refractivity contribution in [2.75, 3.05) is 5.32 Å². The van der Waals surface area contributed by atoms with Crippen molar-refractivity contribution in [3.05, 3.63) is 57.0 Å². The molecule has 0 aliphatic carbocycles. The quantitative estimate of drug-likeness (QED) is 0.732. The molecular formula is C20H23N3O2S. The van der Waals surface area contributed by atoms with Gasteiger partial charge in [-0.1, -0.05) is 26.0 Å². The van der Waals surface area contributed by atoms with Gasteiger partial charge in [0.25, 0.3) is 5.56 Å². The van der Waals surface area contributed by atoms with Gasteiger partial charge >= 0.3 is 0 Å². The van der Waals surface area contributed by atoms with Crippen LogP contribution in [0, 0.1) is 13.8 Å². The predicted octanol–water partition coefficient (Wildman–Crippen LogP) is 4.23. The molecule has 0 bridgehead atoms. The SMILES string of the molecule is CC[C@H](C)c1ccc(NC(=O)Cn2cnc3sc(C)c(C)c3c2=O)cc1. The van der Waals surface area contributed by atoms with Crippen molar-refractivity contribution < 1.29 is 4.79 Å². The molecule has 0 unspecified atom stereocenters. The molecule has 1 aromatic carbocycles. The number of hydrogen-bond donors (Lipinski definition) is 1. The van der Waals surface area contributed by atoms with Crippen molar-refractivity contribution in [2.24, 2.45) is 0 Å². The molecule has 136 valence electrons. The molecular weight excluding hydrogens is 346 g/mol. The average Bonchev–Trinajstić information content (AvgIpc) is 2.92. The van der Waals surface area contributed by atoms with Crippen LogP contribution in [0.15, 0.2) is 35.4 Å². The Bertz CT molecular complexity index is 1000. The lowest BCUT2D eigenvalue weighted by Crippen LogP contribution is -2.27. The fraction of sp³-hybridized carbons (Fsp3) is 0.350. The van der Waals surface area contributed by atoms with Gasteiger partial charge in [0.2, 0.25) is 5.91 Å². The Morgan fingerprint density at radius 3 is 2.62 bits per heavy atom. The molecule has 0 radical (unpaired) electrons. The second-order valence-electron chi connectivity index (χ2n) is 6.62. The maximum absolute atomic E-state index is 12.7. The van der Waals surface area contributed by atoms with Crippen LogP contribution in [0.25, 0.3) is 10.2 Å². The molecule has 26 heavy (non-hydrogen) atoms. The standard InChI is InChI=1S/C20H23N3O2S/c1-5-12(2)15-6-8-16(9-7-15)22-17(24)10-23-11-21-19-18(20(23)25)13(3)14(4)26-19/h6-9,11-12H,5,10H2,1-4H3,(H,22,24)/t12-/m0/s1. The Kier molecular flexibility index (Phi) is 5.23. The third-order valence-corrected chi connectivity index (χ3v) is 5.96. The summed E-state index contributed by atoms with van der Waals surface area (Å²) in [6, 6.07) is 7.86. The molecule has 1 amide bonds. The van der Waals surface area contributed by atoms with Crippen LogP contribution in [0.5, 0.6) is 0 Å². The Balaban J connectivity index is 1.76. The molecule has 2 aromatic heterocycles. The molecule has 1 N–H and O–H groups in total. The van der Waals surface area contributed by atoms with Crippen LogP contribution in [0.4, 0.5) is 5.69 Å². The van der Waals surface area contributed by atoms with Crippen molar-refractivity contribution in [1.82, 2.24) is 9.55 Å². The minimum atomic E-state index is -0.242. The highest BCUT2D eigenvalue weighted by Gasteiger charge is 2.14. The van der Waals surface area contributed by atoms with Gasteiger partial charge < -0.3 is 5.32 Å². The van der Waals surface area contributed by atoms with Gasteiger partial charge in [0, 0.05) is 10.6 Å². The number of carbonyl (C=O) groups is 1. The van der Waals surface area contributed by atoms with Gasteiger partial charge in [0.15, 0.2) is 0 Å². The molecule has 0 spiro atoms. The lowest BCUT2D eigenvalue weighted by molar-refractivity contribution is -0.116. The van der Waals surface area contributed by atoms with Crippen LogP contribution in [0.1, 0.15) is 42.2 Å². The summed E-state index contributed by atoms with van der Waals surface area (Å²) in [4.78, 5) is 31.1. The molecule has 0 saturated carbocycles. The summed E-state index contributed by atoms with van der Waals surface area (Å²) < 4.78 is 1.37. The Morgan fingerprint density at radius 1 is 1.27 bits per heavy atom. The number of aryl methyl sites for hydroxylation is 2. The zero-order chi connectivity index (χ0) is 18.8. The van der Waals surface area contributed by atoms with Gasteiger partial charge in [-0.15, -0.1) is 11.3 Å². The number of anilines is 1. The lowest BCUT2D eigenvalue weighted by Gasteiger charge is -2.11. The van der Waals surface area contributed by atoms with Crippen LogP contribution in [-0.4, -0.2) is 15.5 Å². The molecule has 0 aliphatic rings. The second-order valence-corrected chi connectivity index (χ2v) is 7.82. The first-order valence-corrected chi connectivity index (χ1v) is 9.57. The fourth-order valence-corrected chi connectivity index (χ4v) is 3.86. The minimum absolute atomic E-state index is 0.0524. The van der Waals surface area contributed by atoms with E-state index in [9.17, 15) is 9.59 Å². The average molecular weight is 369 g/mol. The van der Waals surface area contributed by atoms with Crippen molar-refractivity contribution in [3.8, 4) is 0 Å². The molecule has 0 saturated heterocycles. The molecule has 1 atom stereocenters. The van der Waals surface area contributed by atoms with E-state index >= 15 is 0 Å². The van der Waals surface area contributed by atoms with Gasteiger partial charge in [-0.05, 0) is 49.4 Å². The highest BCUT2D eigenvalue weighted by molar-refractivity contribution is 7.18. The number of thiophene rings is 1. The van der Waals surface area contributed by atoms with Crippen molar-refractivity contribution in [1.29, 1.82) is 0 Å². The number of benzene rings is 1. The van der Waals surface area contributed by atoms with Gasteiger partial charge in [0.1, 0.15) is 11.4 Å². The second kappa shape index (κ2) is 7.41. The number of rotatable bonds is 5. The minimum Gasteiger partial charge on any atom is -0.325 e. The van der Waals surface area contributed by atoms with E-state index in [1.165, 1.54) is 27.8 Å². The number of amides is 1.